The van der Waals surface area contributed by atoms with Gasteiger partial charge < -0.3 is 28.4 Å². The molecule has 0 spiro atoms. The van der Waals surface area contributed by atoms with Crippen molar-refractivity contribution >= 4 is 23.9 Å². The number of halogens is 1. The molecule has 47 heavy (non-hydrogen) atoms. The van der Waals surface area contributed by atoms with Gasteiger partial charge in [0.1, 0.15) is 5.82 Å². The van der Waals surface area contributed by atoms with Crippen molar-refractivity contribution in [3.8, 4) is 45.3 Å². The molecule has 0 aliphatic carbocycles. The second-order valence-corrected chi connectivity index (χ2v) is 10.2. The van der Waals surface area contributed by atoms with Gasteiger partial charge in [0.2, 0.25) is 0 Å². The van der Waals surface area contributed by atoms with E-state index < -0.39 is 29.7 Å². The molecule has 244 valence electrons. The predicted molar refractivity (Wildman–Crippen MR) is 171 cm³/mol. The second-order valence-electron chi connectivity index (χ2n) is 10.2. The topological polar surface area (TPSA) is 124 Å². The van der Waals surface area contributed by atoms with Crippen molar-refractivity contribution in [1.82, 2.24) is 0 Å². The lowest BCUT2D eigenvalue weighted by Crippen LogP contribution is -2.16. The van der Waals surface area contributed by atoms with E-state index in [4.69, 9.17) is 28.4 Å². The molecular weight excluding hydrogens is 611 g/mol. The molecule has 11 heteroatoms. The predicted octanol–water partition coefficient (Wildman–Crippen LogP) is 6.34. The van der Waals surface area contributed by atoms with Crippen LogP contribution in [0.3, 0.4) is 0 Å². The zero-order valence-corrected chi connectivity index (χ0v) is 26.4. The van der Waals surface area contributed by atoms with Crippen molar-refractivity contribution in [3.63, 3.8) is 0 Å². The molecule has 3 aromatic rings. The highest BCUT2D eigenvalue weighted by molar-refractivity contribution is 5.93. The fraction of sp³-hybridized carbons (Fsp3) is 0.167. The van der Waals surface area contributed by atoms with Gasteiger partial charge in [-0.15, -0.1) is 0 Å². The molecule has 0 saturated heterocycles. The Hall–Kier alpha value is -5.65. The molecule has 0 saturated carbocycles. The Morgan fingerprint density at radius 3 is 1.36 bits per heavy atom. The minimum atomic E-state index is -0.841. The molecule has 0 heterocycles. The van der Waals surface area contributed by atoms with Crippen LogP contribution < -0.4 is 18.9 Å². The van der Waals surface area contributed by atoms with Gasteiger partial charge in [0.25, 0.3) is 0 Å². The van der Waals surface area contributed by atoms with E-state index in [9.17, 15) is 19.2 Å². The molecule has 3 rings (SSSR count). The number of rotatable bonds is 14. The third kappa shape index (κ3) is 9.42. The average molecular weight is 645 g/mol. The quantitative estimate of drug-likeness (QED) is 0.112. The van der Waals surface area contributed by atoms with Crippen molar-refractivity contribution in [2.24, 2.45) is 0 Å². The monoisotopic (exact) mass is 644 g/mol. The Bertz CT molecular complexity index is 1790. The number of methoxy groups -OCH3 is 2. The van der Waals surface area contributed by atoms with Gasteiger partial charge in [-0.1, -0.05) is 50.6 Å². The van der Waals surface area contributed by atoms with Gasteiger partial charge in [-0.3, -0.25) is 0 Å². The Morgan fingerprint density at radius 1 is 0.553 bits per heavy atom. The lowest BCUT2D eigenvalue weighted by Gasteiger charge is -2.15. The van der Waals surface area contributed by atoms with E-state index in [1.165, 1.54) is 70.5 Å². The molecular formula is C36H33FO10. The third-order valence-corrected chi connectivity index (χ3v) is 6.22. The normalized spacial score (nSPS) is 10.4. The van der Waals surface area contributed by atoms with Gasteiger partial charge in [0.15, 0.2) is 23.0 Å². The van der Waals surface area contributed by atoms with Crippen molar-refractivity contribution < 1.29 is 52.0 Å². The van der Waals surface area contributed by atoms with E-state index in [2.05, 4.69) is 26.3 Å². The molecule has 0 aliphatic heterocycles. The standard InChI is InChI=1S/C36H33FO10/c1-20(2)33(38)44-29-13-10-25(16-31(29)46-35(40)22(5)18-42-7)24-9-12-27(28(37)15-24)26-11-14-30(45-34(39)21(3)4)32(17-26)47-36(41)23(6)19-43-8/h9-17H,1,3,5-6,18-19H2,2,4,7-8H3. The Labute approximate surface area is 271 Å². The summed E-state index contributed by atoms with van der Waals surface area (Å²) in [6.45, 7) is 17.0. The van der Waals surface area contributed by atoms with E-state index in [0.717, 1.165) is 0 Å². The lowest BCUT2D eigenvalue weighted by atomic mass is 9.99. The molecule has 0 fully saturated rings. The van der Waals surface area contributed by atoms with Crippen LogP contribution in [0.4, 0.5) is 4.39 Å². The van der Waals surface area contributed by atoms with Crippen molar-refractivity contribution in [3.05, 3.63) is 109 Å². The van der Waals surface area contributed by atoms with Gasteiger partial charge in [0, 0.05) is 30.9 Å². The molecule has 3 aromatic carbocycles. The first-order valence-corrected chi connectivity index (χ1v) is 13.9. The SMILES string of the molecule is C=C(C)C(=O)Oc1ccc(-c2ccc(-c3ccc(OC(=O)C(=C)C)c(OC(=O)C(=C)COC)c3)c(F)c2)cc1OC(=O)C(=C)COC. The summed E-state index contributed by atoms with van der Waals surface area (Å²) in [6, 6.07) is 12.8. The summed E-state index contributed by atoms with van der Waals surface area (Å²) in [7, 11) is 2.77. The van der Waals surface area contributed by atoms with Crippen LogP contribution in [0.1, 0.15) is 13.8 Å². The fourth-order valence-corrected chi connectivity index (χ4v) is 3.80. The van der Waals surface area contributed by atoms with Crippen molar-refractivity contribution in [2.45, 2.75) is 13.8 Å². The van der Waals surface area contributed by atoms with Crippen LogP contribution in [-0.4, -0.2) is 51.3 Å². The van der Waals surface area contributed by atoms with Crippen LogP contribution in [0.2, 0.25) is 0 Å². The Morgan fingerprint density at radius 2 is 0.936 bits per heavy atom. The van der Waals surface area contributed by atoms with Gasteiger partial charge in [-0.2, -0.15) is 0 Å². The number of ether oxygens (including phenoxy) is 6. The summed E-state index contributed by atoms with van der Waals surface area (Å²) in [4.78, 5) is 49.5. The fourth-order valence-electron chi connectivity index (χ4n) is 3.80. The van der Waals surface area contributed by atoms with Crippen LogP contribution in [-0.2, 0) is 28.7 Å². The molecule has 0 radical (unpaired) electrons. The smallest absolute Gasteiger partial charge is 0.341 e. The molecule has 0 unspecified atom stereocenters. The second kappa shape index (κ2) is 16.1. The number of hydrogen-bond acceptors (Lipinski definition) is 10. The van der Waals surface area contributed by atoms with Gasteiger partial charge in [0.05, 0.1) is 24.4 Å². The van der Waals surface area contributed by atoms with Crippen LogP contribution in [0.25, 0.3) is 22.3 Å². The number of benzene rings is 3. The number of carbonyl (C=O) groups excluding carboxylic acids is 4. The summed E-state index contributed by atoms with van der Waals surface area (Å²) < 4.78 is 47.0. The van der Waals surface area contributed by atoms with Gasteiger partial charge in [-0.05, 0) is 60.9 Å². The molecule has 0 aliphatic rings. The van der Waals surface area contributed by atoms with Crippen LogP contribution in [0.5, 0.6) is 23.0 Å². The first-order chi connectivity index (χ1) is 22.2. The third-order valence-electron chi connectivity index (χ3n) is 6.22. The first-order valence-electron chi connectivity index (χ1n) is 13.9. The maximum absolute atomic E-state index is 15.7. The lowest BCUT2D eigenvalue weighted by molar-refractivity contribution is -0.133. The summed E-state index contributed by atoms with van der Waals surface area (Å²) in [5.41, 5.74) is 1.44. The van der Waals surface area contributed by atoms with E-state index in [-0.39, 0.29) is 69.6 Å². The van der Waals surface area contributed by atoms with E-state index in [1.807, 2.05) is 0 Å². The molecule has 0 N–H and O–H groups in total. The highest BCUT2D eigenvalue weighted by atomic mass is 19.1. The van der Waals surface area contributed by atoms with Crippen LogP contribution in [0, 0.1) is 5.82 Å². The molecule has 0 amide bonds. The summed E-state index contributed by atoms with van der Waals surface area (Å²) in [6.07, 6.45) is 0. The van der Waals surface area contributed by atoms with E-state index in [0.29, 0.717) is 11.1 Å². The van der Waals surface area contributed by atoms with Gasteiger partial charge in [-0.25, -0.2) is 23.6 Å². The van der Waals surface area contributed by atoms with E-state index >= 15 is 4.39 Å². The van der Waals surface area contributed by atoms with Crippen LogP contribution >= 0.6 is 0 Å². The Balaban J connectivity index is 2.02. The molecule has 0 atom stereocenters. The van der Waals surface area contributed by atoms with Crippen molar-refractivity contribution in [2.75, 3.05) is 27.4 Å². The average Bonchev–Trinajstić information content (AvgIpc) is 3.02. The zero-order chi connectivity index (χ0) is 34.8. The van der Waals surface area contributed by atoms with E-state index in [1.54, 1.807) is 12.1 Å². The maximum Gasteiger partial charge on any atom is 0.341 e. The maximum atomic E-state index is 15.7. The number of carbonyl (C=O) groups is 4. The minimum Gasteiger partial charge on any atom is -0.419 e. The minimum absolute atomic E-state index is 0.000847. The molecule has 0 bridgehead atoms. The molecule has 10 nitrogen and oxygen atoms in total. The summed E-state index contributed by atoms with van der Waals surface area (Å²) >= 11 is 0. The highest BCUT2D eigenvalue weighted by Gasteiger charge is 2.20. The van der Waals surface area contributed by atoms with Gasteiger partial charge >= 0.3 is 23.9 Å². The first kappa shape index (κ1) is 35.8. The zero-order valence-electron chi connectivity index (χ0n) is 26.4. The largest absolute Gasteiger partial charge is 0.419 e. The number of esters is 4. The number of hydrogen-bond donors (Lipinski definition) is 0. The van der Waals surface area contributed by atoms with Crippen LogP contribution in [0.15, 0.2) is 103 Å². The summed E-state index contributed by atoms with van der Waals surface area (Å²) in [5, 5.41) is 0. The van der Waals surface area contributed by atoms with Crippen molar-refractivity contribution in [1.29, 1.82) is 0 Å². The molecule has 0 aromatic heterocycles. The highest BCUT2D eigenvalue weighted by Crippen LogP contribution is 2.38. The summed E-state index contributed by atoms with van der Waals surface area (Å²) in [5.74, 6) is -4.27. The Kier molecular flexibility index (Phi) is 12.3.